The maximum Gasteiger partial charge on any atom is 0.350 e. The second-order valence-corrected chi connectivity index (χ2v) is 9.10. The van der Waals surface area contributed by atoms with Crippen molar-refractivity contribution in [2.24, 2.45) is 5.73 Å². The maximum atomic E-state index is 14.5. The number of halogens is 1. The van der Waals surface area contributed by atoms with E-state index in [1.165, 1.54) is 27.7 Å². The number of primary amides is 1. The minimum absolute atomic E-state index is 0.0459. The van der Waals surface area contributed by atoms with Crippen LogP contribution in [-0.4, -0.2) is 80.7 Å². The van der Waals surface area contributed by atoms with Crippen molar-refractivity contribution in [1.29, 1.82) is 0 Å². The zero-order valence-electron chi connectivity index (χ0n) is 20.6. The van der Waals surface area contributed by atoms with E-state index in [1.807, 2.05) is 0 Å². The summed E-state index contributed by atoms with van der Waals surface area (Å²) >= 11 is 0. The molecule has 5 aromatic rings. The number of alkyl halides is 1. The molecule has 0 aliphatic carbocycles. The Hall–Kier alpha value is -5.54. The minimum Gasteiger partial charge on any atom is -0.364 e. The SMILES string of the molecule is NC(=O)c1nn(CC(=O)N2CC(F)CC2C(=O)Nc2nc(=O)[nH]c3nccn23)c2ccc(-c3ccnnc3)cc12. The molecule has 0 spiro atoms. The van der Waals surface area contributed by atoms with E-state index in [1.54, 1.807) is 30.5 Å². The lowest BCUT2D eigenvalue weighted by molar-refractivity contribution is -0.137. The molecule has 15 nitrogen and oxygen atoms in total. The van der Waals surface area contributed by atoms with E-state index in [4.69, 9.17) is 5.73 Å². The van der Waals surface area contributed by atoms with Gasteiger partial charge in [0.1, 0.15) is 18.8 Å². The number of likely N-dealkylation sites (tertiary alicyclic amines) is 1. The first-order valence-electron chi connectivity index (χ1n) is 12.0. The van der Waals surface area contributed by atoms with Crippen LogP contribution in [0.5, 0.6) is 0 Å². The second-order valence-electron chi connectivity index (χ2n) is 9.10. The standard InChI is InChI=1S/C24H20FN11O4/c25-14-8-17(21(39)30-23-32-24(40)31-22-27-5-6-34(22)23)35(10-14)18(37)11-36-16-2-1-12(13-3-4-28-29-9-13)7-15(16)19(33-36)20(26)38/h1-7,9,14,17H,8,10-11H2,(H2,26,38)(H2,27,30,31,32,39,40). The molecule has 202 valence electrons. The molecular formula is C24H20FN11O4. The average Bonchev–Trinajstić information content (AvgIpc) is 3.66. The zero-order chi connectivity index (χ0) is 28.0. The summed E-state index contributed by atoms with van der Waals surface area (Å²) in [6, 6.07) is 5.72. The molecule has 16 heteroatoms. The number of amides is 3. The van der Waals surface area contributed by atoms with Gasteiger partial charge in [0.05, 0.1) is 24.5 Å². The molecule has 4 N–H and O–H groups in total. The summed E-state index contributed by atoms with van der Waals surface area (Å²) < 4.78 is 17.1. The molecule has 0 saturated carbocycles. The fourth-order valence-electron chi connectivity index (χ4n) is 4.77. The van der Waals surface area contributed by atoms with Gasteiger partial charge in [0.2, 0.25) is 23.5 Å². The van der Waals surface area contributed by atoms with Crippen molar-refractivity contribution in [3.63, 3.8) is 0 Å². The van der Waals surface area contributed by atoms with Crippen molar-refractivity contribution in [1.82, 2.24) is 44.2 Å². The summed E-state index contributed by atoms with van der Waals surface area (Å²) in [4.78, 5) is 61.7. The highest BCUT2D eigenvalue weighted by atomic mass is 19.1. The van der Waals surface area contributed by atoms with Gasteiger partial charge in [-0.15, -0.1) is 0 Å². The van der Waals surface area contributed by atoms with E-state index in [0.29, 0.717) is 10.9 Å². The van der Waals surface area contributed by atoms with E-state index in [0.717, 1.165) is 16.0 Å². The van der Waals surface area contributed by atoms with Crippen LogP contribution in [0.3, 0.4) is 0 Å². The first-order chi connectivity index (χ1) is 19.3. The number of fused-ring (bicyclic) bond motifs is 2. The van der Waals surface area contributed by atoms with Crippen LogP contribution in [-0.2, 0) is 16.1 Å². The number of hydrogen-bond donors (Lipinski definition) is 3. The highest BCUT2D eigenvalue weighted by molar-refractivity contribution is 6.05. The number of carbonyl (C=O) groups excluding carboxylic acids is 3. The van der Waals surface area contributed by atoms with E-state index in [2.05, 4.69) is 35.6 Å². The van der Waals surface area contributed by atoms with Crippen LogP contribution in [0.1, 0.15) is 16.9 Å². The number of aromatic amines is 1. The molecule has 1 fully saturated rings. The molecule has 5 heterocycles. The molecule has 0 radical (unpaired) electrons. The first-order valence-corrected chi connectivity index (χ1v) is 12.0. The van der Waals surface area contributed by atoms with Gasteiger partial charge in [-0.3, -0.25) is 33.8 Å². The average molecular weight is 545 g/mol. The molecule has 3 amide bonds. The third kappa shape index (κ3) is 4.40. The Bertz CT molecular complexity index is 1850. The van der Waals surface area contributed by atoms with Crippen molar-refractivity contribution in [3.05, 3.63) is 65.2 Å². The highest BCUT2D eigenvalue weighted by Crippen LogP contribution is 2.27. The Kier molecular flexibility index (Phi) is 5.97. The number of H-pyrrole nitrogens is 1. The molecule has 0 bridgehead atoms. The van der Waals surface area contributed by atoms with Crippen LogP contribution in [0, 0.1) is 0 Å². The quantitative estimate of drug-likeness (QED) is 0.261. The lowest BCUT2D eigenvalue weighted by Gasteiger charge is -2.23. The smallest absolute Gasteiger partial charge is 0.350 e. The van der Waals surface area contributed by atoms with Gasteiger partial charge in [0.25, 0.3) is 5.91 Å². The second kappa shape index (κ2) is 9.64. The number of carbonyl (C=O) groups is 3. The molecule has 1 aromatic carbocycles. The molecule has 2 atom stereocenters. The fourth-order valence-corrected chi connectivity index (χ4v) is 4.77. The molecule has 2 unspecified atom stereocenters. The minimum atomic E-state index is -1.45. The van der Waals surface area contributed by atoms with E-state index in [9.17, 15) is 23.6 Å². The molecular weight excluding hydrogens is 525 g/mol. The Morgan fingerprint density at radius 2 is 2.00 bits per heavy atom. The summed E-state index contributed by atoms with van der Waals surface area (Å²) in [5.41, 5.74) is 6.70. The van der Waals surface area contributed by atoms with Gasteiger partial charge in [0, 0.05) is 29.8 Å². The number of rotatable bonds is 6. The van der Waals surface area contributed by atoms with Gasteiger partial charge in [-0.05, 0) is 23.8 Å². The summed E-state index contributed by atoms with van der Waals surface area (Å²) in [6.07, 6.45) is 4.26. The van der Waals surface area contributed by atoms with Crippen LogP contribution < -0.4 is 16.7 Å². The van der Waals surface area contributed by atoms with Gasteiger partial charge in [-0.2, -0.15) is 20.3 Å². The Labute approximate surface area is 222 Å². The lowest BCUT2D eigenvalue weighted by Crippen LogP contribution is -2.45. The van der Waals surface area contributed by atoms with Crippen molar-refractivity contribution in [2.45, 2.75) is 25.2 Å². The number of hydrogen-bond acceptors (Lipinski definition) is 9. The van der Waals surface area contributed by atoms with Gasteiger partial charge in [-0.25, -0.2) is 14.2 Å². The van der Waals surface area contributed by atoms with Gasteiger partial charge < -0.3 is 10.6 Å². The van der Waals surface area contributed by atoms with Crippen molar-refractivity contribution >= 4 is 40.4 Å². The highest BCUT2D eigenvalue weighted by Gasteiger charge is 2.40. The van der Waals surface area contributed by atoms with E-state index in [-0.39, 0.29) is 36.9 Å². The fraction of sp³-hybridized carbons (Fsp3) is 0.208. The van der Waals surface area contributed by atoms with Crippen LogP contribution >= 0.6 is 0 Å². The molecule has 40 heavy (non-hydrogen) atoms. The normalized spacial score (nSPS) is 17.0. The zero-order valence-corrected chi connectivity index (χ0v) is 20.6. The third-order valence-electron chi connectivity index (χ3n) is 6.59. The summed E-state index contributed by atoms with van der Waals surface area (Å²) in [7, 11) is 0. The van der Waals surface area contributed by atoms with Crippen LogP contribution in [0.4, 0.5) is 10.3 Å². The van der Waals surface area contributed by atoms with Crippen molar-refractivity contribution < 1.29 is 18.8 Å². The Morgan fingerprint density at radius 1 is 1.15 bits per heavy atom. The number of nitrogens with one attached hydrogen (secondary N) is 2. The Balaban J connectivity index is 1.27. The molecule has 1 aliphatic rings. The Morgan fingerprint density at radius 3 is 2.77 bits per heavy atom. The number of nitrogens with zero attached hydrogens (tertiary/aromatic N) is 8. The topological polar surface area (TPSA) is 199 Å². The predicted molar refractivity (Wildman–Crippen MR) is 137 cm³/mol. The predicted octanol–water partition coefficient (Wildman–Crippen LogP) is -0.0991. The van der Waals surface area contributed by atoms with Crippen molar-refractivity contribution in [3.8, 4) is 11.1 Å². The number of imidazole rings is 1. The van der Waals surface area contributed by atoms with Crippen LogP contribution in [0.2, 0.25) is 0 Å². The van der Waals surface area contributed by atoms with Crippen LogP contribution in [0.25, 0.3) is 27.8 Å². The first kappa shape index (κ1) is 24.8. The largest absolute Gasteiger partial charge is 0.364 e. The molecule has 1 saturated heterocycles. The van der Waals surface area contributed by atoms with Gasteiger partial charge >= 0.3 is 5.69 Å². The number of anilines is 1. The van der Waals surface area contributed by atoms with Gasteiger partial charge in [-0.1, -0.05) is 6.07 Å². The molecule has 1 aliphatic heterocycles. The van der Waals surface area contributed by atoms with E-state index < -0.39 is 35.6 Å². The summed E-state index contributed by atoms with van der Waals surface area (Å²) in [5, 5.41) is 14.8. The number of benzene rings is 1. The van der Waals surface area contributed by atoms with Crippen LogP contribution in [0.15, 0.2) is 53.8 Å². The lowest BCUT2D eigenvalue weighted by atomic mass is 10.0. The van der Waals surface area contributed by atoms with Gasteiger partial charge in [0.15, 0.2) is 5.69 Å². The van der Waals surface area contributed by atoms with E-state index >= 15 is 0 Å². The monoisotopic (exact) mass is 545 g/mol. The summed E-state index contributed by atoms with van der Waals surface area (Å²) in [5.74, 6) is -2.09. The number of aromatic nitrogens is 8. The molecule has 6 rings (SSSR count). The maximum absolute atomic E-state index is 14.5. The third-order valence-corrected chi connectivity index (χ3v) is 6.59. The number of nitrogens with two attached hydrogens (primary N) is 1. The molecule has 4 aromatic heterocycles. The summed E-state index contributed by atoms with van der Waals surface area (Å²) in [6.45, 7) is -0.702. The van der Waals surface area contributed by atoms with Crippen molar-refractivity contribution in [2.75, 3.05) is 11.9 Å².